The van der Waals surface area contributed by atoms with E-state index in [4.69, 9.17) is 4.74 Å². The summed E-state index contributed by atoms with van der Waals surface area (Å²) in [4.78, 5) is 0. The molecule has 2 rings (SSSR count). The van der Waals surface area contributed by atoms with E-state index >= 15 is 0 Å². The highest BCUT2D eigenvalue weighted by Gasteiger charge is 2.15. The van der Waals surface area contributed by atoms with E-state index in [0.29, 0.717) is 12.4 Å². The first-order valence-corrected chi connectivity index (χ1v) is 7.91. The Morgan fingerprint density at radius 1 is 1.19 bits per heavy atom. The maximum Gasteiger partial charge on any atom is 0.142 e. The monoisotopic (exact) mass is 349 g/mol. The van der Waals surface area contributed by atoms with Crippen molar-refractivity contribution in [3.8, 4) is 11.5 Å². The lowest BCUT2D eigenvalue weighted by Gasteiger charge is -2.22. The number of nitrogens with one attached hydrogen (secondary N) is 1. The number of hydrogen-bond acceptors (Lipinski definition) is 3. The fraction of sp³-hybridized carbons (Fsp3) is 0.294. The molecule has 0 fully saturated rings. The van der Waals surface area contributed by atoms with Crippen LogP contribution < -0.4 is 10.1 Å². The molecule has 3 nitrogen and oxygen atoms in total. The second-order valence-electron chi connectivity index (χ2n) is 4.74. The normalized spacial score (nSPS) is 12.0. The third kappa shape index (κ3) is 3.91. The van der Waals surface area contributed by atoms with Crippen molar-refractivity contribution >= 4 is 21.6 Å². The molecule has 0 aliphatic carbocycles. The summed E-state index contributed by atoms with van der Waals surface area (Å²) in [6.07, 6.45) is 0.852. The molecule has 2 N–H and O–H groups in total. The van der Waals surface area contributed by atoms with Gasteiger partial charge in [0.1, 0.15) is 11.5 Å². The van der Waals surface area contributed by atoms with Gasteiger partial charge in [-0.1, -0.05) is 35.0 Å². The first-order chi connectivity index (χ1) is 10.2. The second-order valence-corrected chi connectivity index (χ2v) is 5.65. The molecule has 2 aromatic rings. The SMILES string of the molecule is CCOc1ccccc1NC(CC)c1cc(Br)ccc1O. The van der Waals surface area contributed by atoms with Crippen molar-refractivity contribution in [2.24, 2.45) is 0 Å². The molecule has 2 aromatic carbocycles. The van der Waals surface area contributed by atoms with Gasteiger partial charge in [-0.05, 0) is 43.7 Å². The van der Waals surface area contributed by atoms with Gasteiger partial charge in [0.2, 0.25) is 0 Å². The quantitative estimate of drug-likeness (QED) is 0.760. The predicted octanol–water partition coefficient (Wildman–Crippen LogP) is 5.12. The Kier molecular flexibility index (Phi) is 5.51. The van der Waals surface area contributed by atoms with Gasteiger partial charge in [0.25, 0.3) is 0 Å². The average molecular weight is 350 g/mol. The number of phenolic OH excluding ortho intramolecular Hbond substituents is 1. The zero-order valence-electron chi connectivity index (χ0n) is 12.3. The van der Waals surface area contributed by atoms with Crippen LogP contribution in [0.25, 0.3) is 0 Å². The molecule has 0 radical (unpaired) electrons. The van der Waals surface area contributed by atoms with Gasteiger partial charge in [-0.2, -0.15) is 0 Å². The highest BCUT2D eigenvalue weighted by Crippen LogP contribution is 2.34. The molecular weight excluding hydrogens is 330 g/mol. The van der Waals surface area contributed by atoms with Crippen LogP contribution >= 0.6 is 15.9 Å². The zero-order chi connectivity index (χ0) is 15.2. The summed E-state index contributed by atoms with van der Waals surface area (Å²) < 4.78 is 6.59. The van der Waals surface area contributed by atoms with Crippen molar-refractivity contribution < 1.29 is 9.84 Å². The summed E-state index contributed by atoms with van der Waals surface area (Å²) in [5.74, 6) is 1.12. The molecular formula is C17H20BrNO2. The number of para-hydroxylation sites is 2. The molecule has 0 bridgehead atoms. The summed E-state index contributed by atoms with van der Waals surface area (Å²) in [5, 5.41) is 13.6. The summed E-state index contributed by atoms with van der Waals surface area (Å²) >= 11 is 3.45. The number of benzene rings is 2. The Morgan fingerprint density at radius 3 is 2.67 bits per heavy atom. The molecule has 0 heterocycles. The topological polar surface area (TPSA) is 41.5 Å². The number of halogens is 1. The molecule has 1 unspecified atom stereocenters. The van der Waals surface area contributed by atoms with Crippen LogP contribution in [-0.2, 0) is 0 Å². The van der Waals surface area contributed by atoms with Crippen LogP contribution in [-0.4, -0.2) is 11.7 Å². The smallest absolute Gasteiger partial charge is 0.142 e. The van der Waals surface area contributed by atoms with Crippen LogP contribution in [0, 0.1) is 0 Å². The Morgan fingerprint density at radius 2 is 1.95 bits per heavy atom. The highest BCUT2D eigenvalue weighted by molar-refractivity contribution is 9.10. The van der Waals surface area contributed by atoms with Gasteiger partial charge < -0.3 is 15.2 Å². The summed E-state index contributed by atoms with van der Waals surface area (Å²) in [5.41, 5.74) is 1.81. The minimum atomic E-state index is 0.0177. The van der Waals surface area contributed by atoms with Crippen molar-refractivity contribution in [1.82, 2.24) is 0 Å². The summed E-state index contributed by atoms with van der Waals surface area (Å²) in [6.45, 7) is 4.67. The number of aromatic hydroxyl groups is 1. The summed E-state index contributed by atoms with van der Waals surface area (Å²) in [6, 6.07) is 13.4. The number of phenols is 1. The Balaban J connectivity index is 2.29. The number of ether oxygens (including phenoxy) is 1. The zero-order valence-corrected chi connectivity index (χ0v) is 13.9. The van der Waals surface area contributed by atoms with Gasteiger partial charge in [-0.3, -0.25) is 0 Å². The third-order valence-corrected chi connectivity index (χ3v) is 3.78. The first-order valence-electron chi connectivity index (χ1n) is 7.12. The lowest BCUT2D eigenvalue weighted by Crippen LogP contribution is -2.11. The molecule has 0 aliphatic rings. The van der Waals surface area contributed by atoms with Crippen LogP contribution in [0.2, 0.25) is 0 Å². The van der Waals surface area contributed by atoms with Crippen LogP contribution in [0.15, 0.2) is 46.9 Å². The molecule has 4 heteroatoms. The van der Waals surface area contributed by atoms with E-state index in [-0.39, 0.29) is 6.04 Å². The molecule has 0 saturated carbocycles. The van der Waals surface area contributed by atoms with Crippen LogP contribution in [0.5, 0.6) is 11.5 Å². The van der Waals surface area contributed by atoms with Gasteiger partial charge in [0.15, 0.2) is 0 Å². The Hall–Kier alpha value is -1.68. The van der Waals surface area contributed by atoms with Crippen molar-refractivity contribution in [2.45, 2.75) is 26.3 Å². The van der Waals surface area contributed by atoms with Crippen LogP contribution in [0.3, 0.4) is 0 Å². The lowest BCUT2D eigenvalue weighted by atomic mass is 10.0. The van der Waals surface area contributed by atoms with E-state index < -0.39 is 0 Å². The summed E-state index contributed by atoms with van der Waals surface area (Å²) in [7, 11) is 0. The van der Waals surface area contributed by atoms with E-state index in [2.05, 4.69) is 28.2 Å². The van der Waals surface area contributed by atoms with E-state index in [1.54, 1.807) is 6.07 Å². The fourth-order valence-corrected chi connectivity index (χ4v) is 2.64. The van der Waals surface area contributed by atoms with Gasteiger partial charge in [-0.15, -0.1) is 0 Å². The Bertz CT molecular complexity index is 601. The van der Waals surface area contributed by atoms with E-state index in [0.717, 1.165) is 27.9 Å². The minimum absolute atomic E-state index is 0.0177. The van der Waals surface area contributed by atoms with E-state index in [9.17, 15) is 5.11 Å². The molecule has 0 aliphatic heterocycles. The first kappa shape index (κ1) is 15.7. The molecule has 0 spiro atoms. The maximum atomic E-state index is 10.1. The fourth-order valence-electron chi connectivity index (χ4n) is 2.26. The standard InChI is InChI=1S/C17H20BrNO2/c1-3-14(13-11-12(18)9-10-16(13)20)19-15-7-5-6-8-17(15)21-4-2/h5-11,14,19-20H,3-4H2,1-2H3. The number of anilines is 1. The molecule has 112 valence electrons. The van der Waals surface area contributed by atoms with E-state index in [1.165, 1.54) is 0 Å². The lowest BCUT2D eigenvalue weighted by molar-refractivity contribution is 0.341. The number of hydrogen-bond donors (Lipinski definition) is 2. The predicted molar refractivity (Wildman–Crippen MR) is 90.1 cm³/mol. The van der Waals surface area contributed by atoms with Crippen molar-refractivity contribution in [3.63, 3.8) is 0 Å². The van der Waals surface area contributed by atoms with Gasteiger partial charge >= 0.3 is 0 Å². The van der Waals surface area contributed by atoms with Crippen LogP contribution in [0.4, 0.5) is 5.69 Å². The largest absolute Gasteiger partial charge is 0.508 e. The van der Waals surface area contributed by atoms with Gasteiger partial charge in [-0.25, -0.2) is 0 Å². The van der Waals surface area contributed by atoms with Gasteiger partial charge in [0, 0.05) is 10.0 Å². The molecule has 21 heavy (non-hydrogen) atoms. The maximum absolute atomic E-state index is 10.1. The third-order valence-electron chi connectivity index (χ3n) is 3.29. The van der Waals surface area contributed by atoms with Crippen molar-refractivity contribution in [3.05, 3.63) is 52.5 Å². The Labute approximate surface area is 134 Å². The molecule has 0 amide bonds. The van der Waals surface area contributed by atoms with Crippen LogP contribution in [0.1, 0.15) is 31.9 Å². The highest BCUT2D eigenvalue weighted by atomic mass is 79.9. The van der Waals surface area contributed by atoms with E-state index in [1.807, 2.05) is 43.3 Å². The minimum Gasteiger partial charge on any atom is -0.508 e. The average Bonchev–Trinajstić information content (AvgIpc) is 2.49. The molecule has 0 saturated heterocycles. The molecule has 1 atom stereocenters. The molecule has 0 aromatic heterocycles. The van der Waals surface area contributed by atoms with Gasteiger partial charge in [0.05, 0.1) is 18.3 Å². The second kappa shape index (κ2) is 7.36. The van der Waals surface area contributed by atoms with Crippen molar-refractivity contribution in [1.29, 1.82) is 0 Å². The number of rotatable bonds is 6. The van der Waals surface area contributed by atoms with Crippen molar-refractivity contribution in [2.75, 3.05) is 11.9 Å².